The molecular weight excluding hydrogens is 316 g/mol. The molecule has 1 N–H and O–H groups in total. The first kappa shape index (κ1) is 17.0. The van der Waals surface area contributed by atoms with Gasteiger partial charge in [0.15, 0.2) is 0 Å². The Morgan fingerprint density at radius 1 is 1.08 bits per heavy atom. The minimum Gasteiger partial charge on any atom is -0.465 e. The Hall–Kier alpha value is -2.82. The highest BCUT2D eigenvalue weighted by atomic mass is 16.5. The average Bonchev–Trinajstić information content (AvgIpc) is 3.14. The van der Waals surface area contributed by atoms with Crippen molar-refractivity contribution in [3.05, 3.63) is 65.7 Å². The molecule has 1 aliphatic rings. The number of nitrogens with zero attached hydrogens (tertiary/aromatic N) is 1. The number of carbonyl (C=O) groups excluding carboxylic acids is 2. The number of benzene rings is 2. The topological polar surface area (TPSA) is 58.6 Å². The van der Waals surface area contributed by atoms with Gasteiger partial charge in [0.25, 0.3) is 5.91 Å². The van der Waals surface area contributed by atoms with Crippen molar-refractivity contribution in [1.82, 2.24) is 5.32 Å². The number of hydrogen-bond donors (Lipinski definition) is 1. The van der Waals surface area contributed by atoms with Crippen LogP contribution in [0.2, 0.25) is 0 Å². The fourth-order valence-electron chi connectivity index (χ4n) is 3.28. The number of methoxy groups -OCH3 is 1. The highest BCUT2D eigenvalue weighted by molar-refractivity contribution is 6.05. The molecule has 25 heavy (non-hydrogen) atoms. The highest BCUT2D eigenvalue weighted by Crippen LogP contribution is 2.24. The molecule has 3 rings (SSSR count). The molecular formula is C20H22N2O3. The number of anilines is 1. The molecule has 1 fully saturated rings. The molecule has 2 aromatic rings. The summed E-state index contributed by atoms with van der Waals surface area (Å²) < 4.78 is 4.75. The van der Waals surface area contributed by atoms with E-state index in [-0.39, 0.29) is 17.5 Å². The van der Waals surface area contributed by atoms with Gasteiger partial charge in [0.1, 0.15) is 0 Å². The highest BCUT2D eigenvalue weighted by Gasteiger charge is 2.25. The summed E-state index contributed by atoms with van der Waals surface area (Å²) in [4.78, 5) is 26.7. The Morgan fingerprint density at radius 2 is 1.76 bits per heavy atom. The fraction of sp³-hybridized carbons (Fsp3) is 0.300. The first-order chi connectivity index (χ1) is 12.2. The van der Waals surface area contributed by atoms with Gasteiger partial charge in [-0.2, -0.15) is 0 Å². The molecule has 0 bridgehead atoms. The lowest BCUT2D eigenvalue weighted by molar-refractivity contribution is 0.0596. The largest absolute Gasteiger partial charge is 0.465 e. The molecule has 1 atom stereocenters. The smallest absolute Gasteiger partial charge is 0.338 e. The van der Waals surface area contributed by atoms with Crippen LogP contribution in [0, 0.1) is 0 Å². The lowest BCUT2D eigenvalue weighted by atomic mass is 10.1. The summed E-state index contributed by atoms with van der Waals surface area (Å²) in [5.74, 6) is -0.751. The minimum atomic E-state index is -0.502. The fourth-order valence-corrected chi connectivity index (χ4v) is 3.28. The quantitative estimate of drug-likeness (QED) is 0.852. The van der Waals surface area contributed by atoms with Gasteiger partial charge >= 0.3 is 5.97 Å². The molecule has 130 valence electrons. The molecule has 1 heterocycles. The second-order valence-electron chi connectivity index (χ2n) is 6.07. The number of para-hydroxylation sites is 1. The number of amides is 1. The third-order valence-corrected chi connectivity index (χ3v) is 4.54. The van der Waals surface area contributed by atoms with E-state index in [1.807, 2.05) is 18.2 Å². The van der Waals surface area contributed by atoms with Crippen LogP contribution in [0.4, 0.5) is 5.69 Å². The van der Waals surface area contributed by atoms with Crippen molar-refractivity contribution in [3.8, 4) is 0 Å². The number of nitrogens with one attached hydrogen (secondary N) is 1. The van der Waals surface area contributed by atoms with Crippen molar-refractivity contribution in [2.45, 2.75) is 18.9 Å². The summed E-state index contributed by atoms with van der Waals surface area (Å²) in [6.45, 7) is 1.53. The van der Waals surface area contributed by atoms with Crippen LogP contribution in [0.1, 0.15) is 33.6 Å². The minimum absolute atomic E-state index is 0.249. The van der Waals surface area contributed by atoms with E-state index in [1.54, 1.807) is 24.3 Å². The van der Waals surface area contributed by atoms with Crippen molar-refractivity contribution >= 4 is 17.6 Å². The molecule has 0 aromatic heterocycles. The standard InChI is InChI=1S/C20H22N2O3/c1-25-20(24)18-12-6-5-11-17(18)19(23)21-14-16-10-7-13-22(16)15-8-3-2-4-9-15/h2-6,8-9,11-12,16H,7,10,13-14H2,1H3,(H,21,23). The Bertz CT molecular complexity index is 746. The summed E-state index contributed by atoms with van der Waals surface area (Å²) in [5.41, 5.74) is 1.81. The van der Waals surface area contributed by atoms with Gasteiger partial charge in [-0.1, -0.05) is 30.3 Å². The number of rotatable bonds is 5. The third-order valence-electron chi connectivity index (χ3n) is 4.54. The van der Waals surface area contributed by atoms with Crippen molar-refractivity contribution in [3.63, 3.8) is 0 Å². The zero-order valence-corrected chi connectivity index (χ0v) is 14.3. The zero-order valence-electron chi connectivity index (χ0n) is 14.3. The van der Waals surface area contributed by atoms with Crippen molar-refractivity contribution in [2.24, 2.45) is 0 Å². The summed E-state index contributed by atoms with van der Waals surface area (Å²) in [7, 11) is 1.31. The molecule has 1 aliphatic heterocycles. The first-order valence-corrected chi connectivity index (χ1v) is 8.48. The molecule has 2 aromatic carbocycles. The molecule has 1 amide bonds. The van der Waals surface area contributed by atoms with Crippen LogP contribution in [0.3, 0.4) is 0 Å². The summed E-state index contributed by atoms with van der Waals surface area (Å²) in [6, 6.07) is 17.2. The van der Waals surface area contributed by atoms with Gasteiger partial charge < -0.3 is 15.0 Å². The van der Waals surface area contributed by atoms with E-state index in [4.69, 9.17) is 4.74 Å². The number of ether oxygens (including phenoxy) is 1. The average molecular weight is 338 g/mol. The zero-order chi connectivity index (χ0) is 17.6. The van der Waals surface area contributed by atoms with Crippen molar-refractivity contribution in [2.75, 3.05) is 25.1 Å². The summed E-state index contributed by atoms with van der Waals surface area (Å²) >= 11 is 0. The van der Waals surface area contributed by atoms with E-state index in [1.165, 1.54) is 12.8 Å². The lowest BCUT2D eigenvalue weighted by Gasteiger charge is -2.27. The predicted molar refractivity (Wildman–Crippen MR) is 96.9 cm³/mol. The van der Waals surface area contributed by atoms with Crippen LogP contribution in [-0.4, -0.2) is 38.1 Å². The predicted octanol–water partition coefficient (Wildman–Crippen LogP) is 2.87. The van der Waals surface area contributed by atoms with E-state index >= 15 is 0 Å². The molecule has 5 heteroatoms. The third kappa shape index (κ3) is 3.82. The Balaban J connectivity index is 1.67. The Kier molecular flexibility index (Phi) is 5.33. The van der Waals surface area contributed by atoms with Gasteiger partial charge in [-0.3, -0.25) is 4.79 Å². The van der Waals surface area contributed by atoms with Crippen LogP contribution >= 0.6 is 0 Å². The lowest BCUT2D eigenvalue weighted by Crippen LogP contribution is -2.40. The maximum atomic E-state index is 12.5. The van der Waals surface area contributed by atoms with Crippen molar-refractivity contribution < 1.29 is 14.3 Å². The van der Waals surface area contributed by atoms with E-state index in [0.29, 0.717) is 12.1 Å². The second kappa shape index (κ2) is 7.83. The SMILES string of the molecule is COC(=O)c1ccccc1C(=O)NCC1CCCN1c1ccccc1. The van der Waals surface area contributed by atoms with Gasteiger partial charge in [-0.25, -0.2) is 4.79 Å². The molecule has 5 nitrogen and oxygen atoms in total. The van der Waals surface area contributed by atoms with Crippen LogP contribution in [-0.2, 0) is 4.74 Å². The monoisotopic (exact) mass is 338 g/mol. The van der Waals surface area contributed by atoms with Gasteiger partial charge in [-0.15, -0.1) is 0 Å². The maximum absolute atomic E-state index is 12.5. The van der Waals surface area contributed by atoms with E-state index in [0.717, 1.165) is 19.4 Å². The van der Waals surface area contributed by atoms with E-state index in [2.05, 4.69) is 22.3 Å². The molecule has 0 saturated carbocycles. The number of carbonyl (C=O) groups is 2. The number of hydrogen-bond acceptors (Lipinski definition) is 4. The number of esters is 1. The molecule has 0 radical (unpaired) electrons. The van der Waals surface area contributed by atoms with Crippen LogP contribution in [0.5, 0.6) is 0 Å². The van der Waals surface area contributed by atoms with Crippen molar-refractivity contribution in [1.29, 1.82) is 0 Å². The molecule has 1 unspecified atom stereocenters. The van der Waals surface area contributed by atoms with Crippen LogP contribution in [0.25, 0.3) is 0 Å². The summed E-state index contributed by atoms with van der Waals surface area (Å²) in [5, 5.41) is 2.97. The van der Waals surface area contributed by atoms with Crippen LogP contribution in [0.15, 0.2) is 54.6 Å². The molecule has 0 aliphatic carbocycles. The molecule has 1 saturated heterocycles. The Labute approximate surface area is 147 Å². The Morgan fingerprint density at radius 3 is 2.48 bits per heavy atom. The normalized spacial score (nSPS) is 16.5. The molecule has 0 spiro atoms. The summed E-state index contributed by atoms with van der Waals surface area (Å²) in [6.07, 6.45) is 2.14. The van der Waals surface area contributed by atoms with Gasteiger partial charge in [-0.05, 0) is 37.1 Å². The van der Waals surface area contributed by atoms with Gasteiger partial charge in [0.05, 0.1) is 18.2 Å². The van der Waals surface area contributed by atoms with E-state index < -0.39 is 5.97 Å². The van der Waals surface area contributed by atoms with Crippen LogP contribution < -0.4 is 10.2 Å². The van der Waals surface area contributed by atoms with E-state index in [9.17, 15) is 9.59 Å². The second-order valence-corrected chi connectivity index (χ2v) is 6.07. The van der Waals surface area contributed by atoms with Gasteiger partial charge in [0, 0.05) is 24.8 Å². The maximum Gasteiger partial charge on any atom is 0.338 e. The van der Waals surface area contributed by atoms with Gasteiger partial charge in [0.2, 0.25) is 0 Å². The first-order valence-electron chi connectivity index (χ1n) is 8.48.